The van der Waals surface area contributed by atoms with Gasteiger partial charge in [0.2, 0.25) is 5.16 Å². The number of hydrogen-bond acceptors (Lipinski definition) is 5. The molecule has 2 N–H and O–H groups in total. The van der Waals surface area contributed by atoms with Crippen LogP contribution in [0.5, 0.6) is 0 Å². The van der Waals surface area contributed by atoms with E-state index in [1.54, 1.807) is 4.68 Å². The number of tetrazole rings is 1. The molecule has 0 bridgehead atoms. The van der Waals surface area contributed by atoms with E-state index in [1.165, 1.54) is 11.8 Å². The Kier molecular flexibility index (Phi) is 3.98. The maximum Gasteiger partial charge on any atom is 0.218 e. The van der Waals surface area contributed by atoms with Crippen molar-refractivity contribution in [2.24, 2.45) is 5.73 Å². The van der Waals surface area contributed by atoms with E-state index in [9.17, 15) is 0 Å². The summed E-state index contributed by atoms with van der Waals surface area (Å²) in [5.74, 6) is 0. The zero-order chi connectivity index (χ0) is 14.7. The predicted octanol–water partition coefficient (Wildman–Crippen LogP) is 2.83. The van der Waals surface area contributed by atoms with Crippen LogP contribution < -0.4 is 5.73 Å². The Bertz CT molecular complexity index is 706. The first-order valence-electron chi connectivity index (χ1n) is 6.61. The third-order valence-electron chi connectivity index (χ3n) is 3.06. The zero-order valence-electron chi connectivity index (χ0n) is 11.5. The smallest absolute Gasteiger partial charge is 0.218 e. The molecule has 5 nitrogen and oxygen atoms in total. The van der Waals surface area contributed by atoms with Crippen LogP contribution in [0.15, 0.2) is 64.6 Å². The third kappa shape index (κ3) is 3.12. The van der Waals surface area contributed by atoms with Gasteiger partial charge < -0.3 is 5.73 Å². The summed E-state index contributed by atoms with van der Waals surface area (Å²) in [4.78, 5) is 1.08. The van der Waals surface area contributed by atoms with E-state index < -0.39 is 0 Å². The molecule has 6 heteroatoms. The molecular weight excluding hydrogens is 282 g/mol. The molecule has 0 radical (unpaired) electrons. The normalized spacial score (nSPS) is 12.3. The molecule has 0 saturated heterocycles. The maximum atomic E-state index is 5.86. The summed E-state index contributed by atoms with van der Waals surface area (Å²) in [6, 6.07) is 18.0. The van der Waals surface area contributed by atoms with Crippen molar-refractivity contribution in [1.82, 2.24) is 20.2 Å². The Morgan fingerprint density at radius 3 is 2.43 bits per heavy atom. The molecule has 0 spiro atoms. The van der Waals surface area contributed by atoms with Crippen molar-refractivity contribution in [1.29, 1.82) is 0 Å². The summed E-state index contributed by atoms with van der Waals surface area (Å²) in [6.45, 7) is 1.97. The van der Waals surface area contributed by atoms with Crippen LogP contribution in [-0.4, -0.2) is 20.2 Å². The Morgan fingerprint density at radius 2 is 1.76 bits per heavy atom. The molecule has 0 aliphatic heterocycles. The first-order valence-corrected chi connectivity index (χ1v) is 7.43. The number of nitrogens with two attached hydrogens (primary N) is 1. The van der Waals surface area contributed by atoms with Crippen LogP contribution >= 0.6 is 11.8 Å². The number of hydrogen-bond donors (Lipinski definition) is 1. The molecule has 1 atom stereocenters. The summed E-state index contributed by atoms with van der Waals surface area (Å²) in [5.41, 5.74) is 7.91. The highest BCUT2D eigenvalue weighted by Crippen LogP contribution is 2.27. The van der Waals surface area contributed by atoms with Crippen LogP contribution in [0, 0.1) is 0 Å². The van der Waals surface area contributed by atoms with Crippen LogP contribution in [0.3, 0.4) is 0 Å². The largest absolute Gasteiger partial charge is 0.324 e. The predicted molar refractivity (Wildman–Crippen MR) is 82.3 cm³/mol. The first-order chi connectivity index (χ1) is 10.2. The van der Waals surface area contributed by atoms with Gasteiger partial charge in [-0.3, -0.25) is 0 Å². The molecule has 1 aromatic heterocycles. The van der Waals surface area contributed by atoms with Gasteiger partial charge in [-0.25, -0.2) is 0 Å². The van der Waals surface area contributed by atoms with Crippen molar-refractivity contribution in [3.05, 3.63) is 60.2 Å². The number of rotatable bonds is 4. The van der Waals surface area contributed by atoms with E-state index in [0.717, 1.165) is 21.3 Å². The summed E-state index contributed by atoms with van der Waals surface area (Å²) in [7, 11) is 0. The van der Waals surface area contributed by atoms with Gasteiger partial charge in [-0.1, -0.05) is 30.3 Å². The lowest BCUT2D eigenvalue weighted by Gasteiger charge is -2.07. The van der Waals surface area contributed by atoms with Gasteiger partial charge in [-0.05, 0) is 58.9 Å². The van der Waals surface area contributed by atoms with Crippen molar-refractivity contribution in [3.63, 3.8) is 0 Å². The van der Waals surface area contributed by atoms with Crippen molar-refractivity contribution in [2.75, 3.05) is 0 Å². The summed E-state index contributed by atoms with van der Waals surface area (Å²) in [5, 5.41) is 12.6. The van der Waals surface area contributed by atoms with Gasteiger partial charge in [0.15, 0.2) is 0 Å². The van der Waals surface area contributed by atoms with Gasteiger partial charge in [-0.15, -0.1) is 5.10 Å². The van der Waals surface area contributed by atoms with Gasteiger partial charge in [-0.2, -0.15) is 4.68 Å². The second kappa shape index (κ2) is 6.07. The lowest BCUT2D eigenvalue weighted by Crippen LogP contribution is -2.04. The Hall–Kier alpha value is -2.18. The minimum absolute atomic E-state index is 0.0405. The highest BCUT2D eigenvalue weighted by Gasteiger charge is 2.10. The van der Waals surface area contributed by atoms with Crippen LogP contribution in [0.2, 0.25) is 0 Å². The van der Waals surface area contributed by atoms with E-state index in [1.807, 2.05) is 61.5 Å². The van der Waals surface area contributed by atoms with Crippen LogP contribution in [0.4, 0.5) is 0 Å². The lowest BCUT2D eigenvalue weighted by molar-refractivity contribution is 0.756. The Labute approximate surface area is 127 Å². The second-order valence-electron chi connectivity index (χ2n) is 4.67. The van der Waals surface area contributed by atoms with E-state index in [4.69, 9.17) is 5.73 Å². The van der Waals surface area contributed by atoms with Crippen LogP contribution in [0.1, 0.15) is 18.5 Å². The van der Waals surface area contributed by atoms with E-state index in [-0.39, 0.29) is 6.04 Å². The molecule has 106 valence electrons. The fourth-order valence-electron chi connectivity index (χ4n) is 1.92. The Morgan fingerprint density at radius 1 is 1.05 bits per heavy atom. The van der Waals surface area contributed by atoms with Gasteiger partial charge in [0.05, 0.1) is 5.69 Å². The van der Waals surface area contributed by atoms with Gasteiger partial charge >= 0.3 is 0 Å². The monoisotopic (exact) mass is 297 g/mol. The molecule has 1 unspecified atom stereocenters. The summed E-state index contributed by atoms with van der Waals surface area (Å²) in [6.07, 6.45) is 0. The van der Waals surface area contributed by atoms with Gasteiger partial charge in [0.1, 0.15) is 0 Å². The maximum absolute atomic E-state index is 5.86. The molecule has 0 aliphatic rings. The highest BCUT2D eigenvalue weighted by atomic mass is 32.2. The van der Waals surface area contributed by atoms with Crippen LogP contribution in [-0.2, 0) is 0 Å². The molecule has 0 fully saturated rings. The van der Waals surface area contributed by atoms with Crippen molar-refractivity contribution >= 4 is 11.8 Å². The number of aromatic nitrogens is 4. The fourth-order valence-corrected chi connectivity index (χ4v) is 2.71. The number of para-hydroxylation sites is 1. The molecule has 0 saturated carbocycles. The zero-order valence-corrected chi connectivity index (χ0v) is 12.4. The molecule has 1 heterocycles. The van der Waals surface area contributed by atoms with Crippen molar-refractivity contribution < 1.29 is 0 Å². The average Bonchev–Trinajstić information content (AvgIpc) is 2.97. The minimum atomic E-state index is 0.0405. The van der Waals surface area contributed by atoms with E-state index in [2.05, 4.69) is 15.5 Å². The molecule has 3 rings (SSSR count). The fraction of sp³-hybridized carbons (Fsp3) is 0.133. The van der Waals surface area contributed by atoms with Gasteiger partial charge in [0, 0.05) is 10.9 Å². The lowest BCUT2D eigenvalue weighted by atomic mass is 10.1. The quantitative estimate of drug-likeness (QED) is 0.802. The minimum Gasteiger partial charge on any atom is -0.324 e. The van der Waals surface area contributed by atoms with E-state index in [0.29, 0.717) is 0 Å². The van der Waals surface area contributed by atoms with Crippen molar-refractivity contribution in [3.8, 4) is 5.69 Å². The van der Waals surface area contributed by atoms with Crippen LogP contribution in [0.25, 0.3) is 5.69 Å². The molecule has 0 aliphatic carbocycles. The van der Waals surface area contributed by atoms with Gasteiger partial charge in [0.25, 0.3) is 0 Å². The molecule has 2 aromatic carbocycles. The topological polar surface area (TPSA) is 69.6 Å². The molecular formula is C15H15N5S. The average molecular weight is 297 g/mol. The third-order valence-corrected chi connectivity index (χ3v) is 4.00. The molecule has 21 heavy (non-hydrogen) atoms. The number of benzene rings is 2. The van der Waals surface area contributed by atoms with Crippen molar-refractivity contribution in [2.45, 2.75) is 23.0 Å². The highest BCUT2D eigenvalue weighted by molar-refractivity contribution is 7.99. The molecule has 0 amide bonds. The molecule has 3 aromatic rings. The SMILES string of the molecule is CC(N)c1ccc(Sc2nnnn2-c2ccccc2)cc1. The summed E-state index contributed by atoms with van der Waals surface area (Å²) < 4.78 is 1.73. The number of nitrogens with zero attached hydrogens (tertiary/aromatic N) is 4. The summed E-state index contributed by atoms with van der Waals surface area (Å²) >= 11 is 1.52. The van der Waals surface area contributed by atoms with E-state index >= 15 is 0 Å². The standard InChI is InChI=1S/C15H15N5S/c1-11(16)12-7-9-14(10-8-12)21-15-17-18-19-20(15)13-5-3-2-4-6-13/h2-11H,16H2,1H3. The Balaban J connectivity index is 1.84. The first kappa shape index (κ1) is 13.8. The second-order valence-corrected chi connectivity index (χ2v) is 5.71.